The highest BCUT2D eigenvalue weighted by atomic mass is 19.4. The van der Waals surface area contributed by atoms with Crippen molar-refractivity contribution >= 4 is 23.3 Å². The van der Waals surface area contributed by atoms with Gasteiger partial charge in [0, 0.05) is 13.1 Å². The van der Waals surface area contributed by atoms with E-state index in [0.717, 1.165) is 0 Å². The lowest BCUT2D eigenvalue weighted by atomic mass is 10.3. The molecule has 1 aromatic rings. The normalized spacial score (nSPS) is 15.1. The van der Waals surface area contributed by atoms with Crippen LogP contribution in [0.5, 0.6) is 0 Å². The highest BCUT2D eigenvalue weighted by Gasteiger charge is 2.27. The van der Waals surface area contributed by atoms with E-state index in [1.165, 1.54) is 6.20 Å². The maximum Gasteiger partial charge on any atom is 0.411 e. The average molecular weight is 346 g/mol. The van der Waals surface area contributed by atoms with Gasteiger partial charge in [-0.05, 0) is 12.1 Å². The molecule has 24 heavy (non-hydrogen) atoms. The van der Waals surface area contributed by atoms with E-state index in [4.69, 9.17) is 0 Å². The Morgan fingerprint density at radius 3 is 2.83 bits per heavy atom. The number of carbonyl (C=O) groups excluding carboxylic acids is 2. The first kappa shape index (κ1) is 18.0. The van der Waals surface area contributed by atoms with E-state index in [0.29, 0.717) is 24.6 Å². The summed E-state index contributed by atoms with van der Waals surface area (Å²) in [5, 5.41) is 5.22. The van der Waals surface area contributed by atoms with Crippen LogP contribution in [0.4, 0.5) is 24.7 Å². The van der Waals surface area contributed by atoms with Gasteiger partial charge in [0.25, 0.3) is 0 Å². The van der Waals surface area contributed by atoms with Crippen LogP contribution in [0.15, 0.2) is 18.3 Å². The van der Waals surface area contributed by atoms with Gasteiger partial charge in [-0.3, -0.25) is 9.59 Å². The van der Waals surface area contributed by atoms with Crippen LogP contribution < -0.4 is 15.5 Å². The van der Waals surface area contributed by atoms with Gasteiger partial charge >= 0.3 is 6.18 Å². The van der Waals surface area contributed by atoms with Gasteiger partial charge in [-0.2, -0.15) is 13.2 Å². The minimum Gasteiger partial charge on any atom is -0.372 e. The molecule has 0 radical (unpaired) electrons. The zero-order valence-electron chi connectivity index (χ0n) is 12.7. The fraction of sp³-hybridized carbons (Fsp3) is 0.500. The van der Waals surface area contributed by atoms with Gasteiger partial charge < -0.3 is 20.3 Å². The monoisotopic (exact) mass is 346 g/mol. The van der Waals surface area contributed by atoms with Crippen molar-refractivity contribution in [2.45, 2.75) is 12.6 Å². The van der Waals surface area contributed by atoms with Crippen LogP contribution in [-0.2, 0) is 14.3 Å². The molecule has 0 aromatic carbocycles. The second kappa shape index (κ2) is 7.95. The number of anilines is 2. The van der Waals surface area contributed by atoms with Gasteiger partial charge in [0.2, 0.25) is 11.8 Å². The average Bonchev–Trinajstić information content (AvgIpc) is 2.51. The number of pyridine rings is 1. The van der Waals surface area contributed by atoms with E-state index < -0.39 is 18.7 Å². The molecule has 1 aliphatic heterocycles. The highest BCUT2D eigenvalue weighted by Crippen LogP contribution is 2.16. The number of aromatic nitrogens is 1. The van der Waals surface area contributed by atoms with E-state index in [1.54, 1.807) is 17.0 Å². The van der Waals surface area contributed by atoms with Crippen LogP contribution in [0.25, 0.3) is 0 Å². The fourth-order valence-corrected chi connectivity index (χ4v) is 2.06. The summed E-state index contributed by atoms with van der Waals surface area (Å²) >= 11 is 0. The minimum absolute atomic E-state index is 0.0840. The number of alkyl halides is 3. The molecule has 0 saturated carbocycles. The van der Waals surface area contributed by atoms with Crippen molar-refractivity contribution in [3.8, 4) is 0 Å². The number of ether oxygens (including phenoxy) is 1. The highest BCUT2D eigenvalue weighted by molar-refractivity contribution is 5.90. The van der Waals surface area contributed by atoms with Crippen molar-refractivity contribution in [3.63, 3.8) is 0 Å². The second-order valence-electron chi connectivity index (χ2n) is 5.14. The predicted octanol–water partition coefficient (Wildman–Crippen LogP) is 0.925. The SMILES string of the molecule is O=C1CN(c2ccc(NC(=O)CCOCC(F)(F)F)cn2)CCN1. The van der Waals surface area contributed by atoms with Crippen LogP contribution in [0.3, 0.4) is 0 Å². The Bertz CT molecular complexity index is 578. The molecule has 2 N–H and O–H groups in total. The lowest BCUT2D eigenvalue weighted by Gasteiger charge is -2.27. The van der Waals surface area contributed by atoms with E-state index in [-0.39, 0.29) is 25.5 Å². The summed E-state index contributed by atoms with van der Waals surface area (Å²) in [6.07, 6.45) is -3.16. The standard InChI is InChI=1S/C14H17F3N4O3/c15-14(16,17)9-24-6-3-12(22)20-10-1-2-11(19-7-10)21-5-4-18-13(23)8-21/h1-2,7H,3-6,8-9H2,(H,18,23)(H,20,22). The predicted molar refractivity (Wildman–Crippen MR) is 79.6 cm³/mol. The van der Waals surface area contributed by atoms with Crippen molar-refractivity contribution in [3.05, 3.63) is 18.3 Å². The summed E-state index contributed by atoms with van der Waals surface area (Å²) in [5.74, 6) is 0.0553. The Morgan fingerprint density at radius 2 is 2.21 bits per heavy atom. The smallest absolute Gasteiger partial charge is 0.372 e. The third kappa shape index (κ3) is 6.03. The number of rotatable bonds is 6. The quantitative estimate of drug-likeness (QED) is 0.749. The Balaban J connectivity index is 1.76. The van der Waals surface area contributed by atoms with E-state index in [1.807, 2.05) is 0 Å². The Labute approximate surface area is 136 Å². The third-order valence-corrected chi connectivity index (χ3v) is 3.13. The number of hydrogen-bond acceptors (Lipinski definition) is 5. The lowest BCUT2D eigenvalue weighted by molar-refractivity contribution is -0.174. The molecular formula is C14H17F3N4O3. The summed E-state index contributed by atoms with van der Waals surface area (Å²) in [7, 11) is 0. The number of hydrogen-bond donors (Lipinski definition) is 2. The molecule has 132 valence electrons. The van der Waals surface area contributed by atoms with Crippen molar-refractivity contribution < 1.29 is 27.5 Å². The Kier molecular flexibility index (Phi) is 5.96. The zero-order chi connectivity index (χ0) is 17.6. The molecule has 0 spiro atoms. The van der Waals surface area contributed by atoms with Gasteiger partial charge in [0.1, 0.15) is 12.4 Å². The molecule has 1 aliphatic rings. The summed E-state index contributed by atoms with van der Waals surface area (Å²) in [6.45, 7) is -0.299. The number of piperazine rings is 1. The first-order valence-electron chi connectivity index (χ1n) is 7.25. The van der Waals surface area contributed by atoms with Crippen LogP contribution in [0, 0.1) is 0 Å². The molecule has 0 unspecified atom stereocenters. The molecule has 10 heteroatoms. The molecule has 7 nitrogen and oxygen atoms in total. The zero-order valence-corrected chi connectivity index (χ0v) is 12.7. The number of carbonyl (C=O) groups is 2. The second-order valence-corrected chi connectivity index (χ2v) is 5.14. The Morgan fingerprint density at radius 1 is 1.42 bits per heavy atom. The molecule has 0 bridgehead atoms. The number of nitrogens with one attached hydrogen (secondary N) is 2. The third-order valence-electron chi connectivity index (χ3n) is 3.13. The minimum atomic E-state index is -4.40. The fourth-order valence-electron chi connectivity index (χ4n) is 2.06. The van der Waals surface area contributed by atoms with Crippen molar-refractivity contribution in [1.82, 2.24) is 10.3 Å². The topological polar surface area (TPSA) is 83.6 Å². The Hall–Kier alpha value is -2.36. The molecule has 2 rings (SSSR count). The lowest BCUT2D eigenvalue weighted by Crippen LogP contribution is -2.48. The first-order valence-corrected chi connectivity index (χ1v) is 7.25. The molecule has 1 saturated heterocycles. The van der Waals surface area contributed by atoms with Gasteiger partial charge in [-0.1, -0.05) is 0 Å². The summed E-state index contributed by atoms with van der Waals surface area (Å²) in [4.78, 5) is 28.9. The van der Waals surface area contributed by atoms with Crippen LogP contribution in [-0.4, -0.2) is 55.8 Å². The first-order chi connectivity index (χ1) is 11.3. The number of amides is 2. The van der Waals surface area contributed by atoms with Crippen LogP contribution >= 0.6 is 0 Å². The van der Waals surface area contributed by atoms with Gasteiger partial charge in [0.05, 0.1) is 31.5 Å². The van der Waals surface area contributed by atoms with E-state index >= 15 is 0 Å². The van der Waals surface area contributed by atoms with Crippen molar-refractivity contribution in [1.29, 1.82) is 0 Å². The largest absolute Gasteiger partial charge is 0.411 e. The molecule has 2 amide bonds. The van der Waals surface area contributed by atoms with Gasteiger partial charge in [-0.15, -0.1) is 0 Å². The molecule has 0 atom stereocenters. The summed E-state index contributed by atoms with van der Waals surface area (Å²) < 4.78 is 40.0. The molecule has 1 fully saturated rings. The molecule has 0 aliphatic carbocycles. The van der Waals surface area contributed by atoms with Gasteiger partial charge in [-0.25, -0.2) is 4.98 Å². The number of halogens is 3. The summed E-state index contributed by atoms with van der Waals surface area (Å²) in [6, 6.07) is 3.28. The van der Waals surface area contributed by atoms with Gasteiger partial charge in [0.15, 0.2) is 0 Å². The van der Waals surface area contributed by atoms with Crippen LogP contribution in [0.1, 0.15) is 6.42 Å². The molecule has 2 heterocycles. The van der Waals surface area contributed by atoms with Crippen molar-refractivity contribution in [2.75, 3.05) is 43.1 Å². The van der Waals surface area contributed by atoms with E-state index in [9.17, 15) is 22.8 Å². The van der Waals surface area contributed by atoms with E-state index in [2.05, 4.69) is 20.4 Å². The summed E-state index contributed by atoms with van der Waals surface area (Å²) in [5.41, 5.74) is 0.418. The molecular weight excluding hydrogens is 329 g/mol. The maximum absolute atomic E-state index is 11.9. The van der Waals surface area contributed by atoms with Crippen LogP contribution in [0.2, 0.25) is 0 Å². The maximum atomic E-state index is 11.9. The molecule has 1 aromatic heterocycles. The number of nitrogens with zero attached hydrogens (tertiary/aromatic N) is 2. The van der Waals surface area contributed by atoms with Crippen molar-refractivity contribution in [2.24, 2.45) is 0 Å².